The highest BCUT2D eigenvalue weighted by Crippen LogP contribution is 2.24. The van der Waals surface area contributed by atoms with Gasteiger partial charge in [0.2, 0.25) is 0 Å². The number of ether oxygens (including phenoxy) is 1. The van der Waals surface area contributed by atoms with E-state index >= 15 is 0 Å². The Morgan fingerprint density at radius 3 is 2.64 bits per heavy atom. The molecule has 0 atom stereocenters. The topological polar surface area (TPSA) is 41.1 Å². The van der Waals surface area contributed by atoms with E-state index in [2.05, 4.69) is 14.9 Å². The van der Waals surface area contributed by atoms with Crippen LogP contribution in [-0.2, 0) is 0 Å². The Hall–Kier alpha value is -2.04. The fourth-order valence-corrected chi connectivity index (χ4v) is 2.35. The molecule has 1 aromatic heterocycles. The van der Waals surface area contributed by atoms with Gasteiger partial charge in [0.1, 0.15) is 18.2 Å². The molecule has 22 heavy (non-hydrogen) atoms. The summed E-state index contributed by atoms with van der Waals surface area (Å²) in [7, 11) is 4.06. The minimum Gasteiger partial charge on any atom is -0.492 e. The minimum atomic E-state index is 0.676. The first-order valence-electron chi connectivity index (χ1n) is 7.15. The van der Waals surface area contributed by atoms with Crippen molar-refractivity contribution in [3.8, 4) is 17.1 Å². The predicted molar refractivity (Wildman–Crippen MR) is 90.6 cm³/mol. The average Bonchev–Trinajstić information content (AvgIpc) is 2.90. The molecule has 0 unspecified atom stereocenters. The SMILES string of the molecule is CN(C)CCOc1ccc(-c2nc3ccc(Cl)cc3[nH]2)cc1. The second-order valence-electron chi connectivity index (χ2n) is 5.42. The highest BCUT2D eigenvalue weighted by Gasteiger charge is 2.06. The number of hydrogen-bond acceptors (Lipinski definition) is 3. The molecule has 2 aromatic carbocycles. The highest BCUT2D eigenvalue weighted by molar-refractivity contribution is 6.31. The van der Waals surface area contributed by atoms with Gasteiger partial charge in [-0.15, -0.1) is 0 Å². The lowest BCUT2D eigenvalue weighted by atomic mass is 10.2. The first-order chi connectivity index (χ1) is 10.6. The summed E-state index contributed by atoms with van der Waals surface area (Å²) in [6, 6.07) is 13.6. The molecule has 1 heterocycles. The lowest BCUT2D eigenvalue weighted by Crippen LogP contribution is -2.19. The third kappa shape index (κ3) is 3.40. The Morgan fingerprint density at radius 2 is 1.91 bits per heavy atom. The van der Waals surface area contributed by atoms with Gasteiger partial charge in [-0.25, -0.2) is 4.98 Å². The number of hydrogen-bond donors (Lipinski definition) is 1. The van der Waals surface area contributed by atoms with Crippen LogP contribution in [0.2, 0.25) is 5.02 Å². The lowest BCUT2D eigenvalue weighted by molar-refractivity contribution is 0.261. The van der Waals surface area contributed by atoms with Crippen LogP contribution in [0.1, 0.15) is 0 Å². The quantitative estimate of drug-likeness (QED) is 0.778. The first kappa shape index (κ1) is 14.9. The molecular formula is C17H18ClN3O. The second kappa shape index (κ2) is 6.38. The van der Waals surface area contributed by atoms with Crippen molar-refractivity contribution in [1.29, 1.82) is 0 Å². The van der Waals surface area contributed by atoms with Crippen LogP contribution in [0.15, 0.2) is 42.5 Å². The van der Waals surface area contributed by atoms with Crippen molar-refractivity contribution < 1.29 is 4.74 Å². The van der Waals surface area contributed by atoms with Crippen molar-refractivity contribution in [2.75, 3.05) is 27.2 Å². The third-order valence-electron chi connectivity index (χ3n) is 3.38. The number of nitrogens with zero attached hydrogens (tertiary/aromatic N) is 2. The number of halogens is 1. The Bertz CT molecular complexity index is 765. The fourth-order valence-electron chi connectivity index (χ4n) is 2.17. The van der Waals surface area contributed by atoms with Gasteiger partial charge in [0, 0.05) is 17.1 Å². The van der Waals surface area contributed by atoms with E-state index in [1.54, 1.807) is 0 Å². The summed E-state index contributed by atoms with van der Waals surface area (Å²) in [5.74, 6) is 1.70. The van der Waals surface area contributed by atoms with E-state index in [4.69, 9.17) is 16.3 Å². The molecule has 114 valence electrons. The van der Waals surface area contributed by atoms with Crippen molar-refractivity contribution in [1.82, 2.24) is 14.9 Å². The Balaban J connectivity index is 1.76. The van der Waals surface area contributed by atoms with Crippen molar-refractivity contribution in [2.45, 2.75) is 0 Å². The zero-order valence-corrected chi connectivity index (χ0v) is 13.4. The Labute approximate surface area is 134 Å². The van der Waals surface area contributed by atoms with Gasteiger partial charge in [0.25, 0.3) is 0 Å². The van der Waals surface area contributed by atoms with Crippen molar-refractivity contribution in [2.24, 2.45) is 0 Å². The molecule has 0 aliphatic carbocycles. The zero-order valence-electron chi connectivity index (χ0n) is 12.6. The highest BCUT2D eigenvalue weighted by atomic mass is 35.5. The van der Waals surface area contributed by atoms with Gasteiger partial charge in [0.15, 0.2) is 0 Å². The van der Waals surface area contributed by atoms with Gasteiger partial charge in [-0.05, 0) is 56.6 Å². The summed E-state index contributed by atoms with van der Waals surface area (Å²) in [6.07, 6.45) is 0. The monoisotopic (exact) mass is 315 g/mol. The number of aromatic amines is 1. The van der Waals surface area contributed by atoms with Gasteiger partial charge in [0.05, 0.1) is 11.0 Å². The summed E-state index contributed by atoms with van der Waals surface area (Å²) in [5, 5.41) is 0.701. The van der Waals surface area contributed by atoms with Crippen molar-refractivity contribution >= 4 is 22.6 Å². The number of fused-ring (bicyclic) bond motifs is 1. The van der Waals surface area contributed by atoms with E-state index in [-0.39, 0.29) is 0 Å². The molecule has 3 rings (SSSR count). The predicted octanol–water partition coefficient (Wildman–Crippen LogP) is 3.82. The van der Waals surface area contributed by atoms with Crippen LogP contribution in [-0.4, -0.2) is 42.1 Å². The molecule has 0 aliphatic heterocycles. The van der Waals surface area contributed by atoms with E-state index in [9.17, 15) is 0 Å². The fraction of sp³-hybridized carbons (Fsp3) is 0.235. The normalized spacial score (nSPS) is 11.3. The summed E-state index contributed by atoms with van der Waals surface area (Å²) in [6.45, 7) is 1.57. The Kier molecular flexibility index (Phi) is 4.32. The number of rotatable bonds is 5. The molecule has 0 spiro atoms. The number of nitrogens with one attached hydrogen (secondary N) is 1. The number of likely N-dealkylation sites (N-methyl/N-ethyl adjacent to an activating group) is 1. The van der Waals surface area contributed by atoms with Crippen molar-refractivity contribution in [3.05, 3.63) is 47.5 Å². The van der Waals surface area contributed by atoms with E-state index < -0.39 is 0 Å². The van der Waals surface area contributed by atoms with Crippen LogP contribution in [0.4, 0.5) is 0 Å². The maximum Gasteiger partial charge on any atom is 0.138 e. The van der Waals surface area contributed by atoms with Gasteiger partial charge >= 0.3 is 0 Å². The Morgan fingerprint density at radius 1 is 1.14 bits per heavy atom. The van der Waals surface area contributed by atoms with Crippen LogP contribution in [0, 0.1) is 0 Å². The van der Waals surface area contributed by atoms with Crippen molar-refractivity contribution in [3.63, 3.8) is 0 Å². The number of benzene rings is 2. The molecule has 0 aliphatic rings. The third-order valence-corrected chi connectivity index (χ3v) is 3.61. The molecule has 4 nitrogen and oxygen atoms in total. The molecule has 0 saturated heterocycles. The van der Waals surface area contributed by atoms with Crippen LogP contribution >= 0.6 is 11.6 Å². The molecule has 1 N–H and O–H groups in total. The summed E-state index contributed by atoms with van der Waals surface area (Å²) >= 11 is 6.00. The molecule has 0 saturated carbocycles. The first-order valence-corrected chi connectivity index (χ1v) is 7.53. The lowest BCUT2D eigenvalue weighted by Gasteiger charge is -2.11. The van der Waals surface area contributed by atoms with Crippen LogP contribution in [0.5, 0.6) is 5.75 Å². The van der Waals surface area contributed by atoms with Crippen LogP contribution in [0.25, 0.3) is 22.4 Å². The molecule has 0 bridgehead atoms. The van der Waals surface area contributed by atoms with Gasteiger partial charge in [-0.3, -0.25) is 0 Å². The van der Waals surface area contributed by atoms with E-state index in [1.165, 1.54) is 0 Å². The maximum atomic E-state index is 6.00. The maximum absolute atomic E-state index is 6.00. The number of imidazole rings is 1. The summed E-state index contributed by atoms with van der Waals surface area (Å²) in [5.41, 5.74) is 2.87. The minimum absolute atomic E-state index is 0.676. The smallest absolute Gasteiger partial charge is 0.138 e. The summed E-state index contributed by atoms with van der Waals surface area (Å²) < 4.78 is 5.69. The standard InChI is InChI=1S/C17H18ClN3O/c1-21(2)9-10-22-14-6-3-12(4-7-14)17-19-15-8-5-13(18)11-16(15)20-17/h3-8,11H,9-10H2,1-2H3,(H,19,20). The molecule has 0 radical (unpaired) electrons. The van der Waals surface area contributed by atoms with Crippen LogP contribution < -0.4 is 4.74 Å². The zero-order chi connectivity index (χ0) is 15.5. The van der Waals surface area contributed by atoms with E-state index in [0.717, 1.165) is 34.7 Å². The van der Waals surface area contributed by atoms with Gasteiger partial charge < -0.3 is 14.6 Å². The van der Waals surface area contributed by atoms with E-state index in [1.807, 2.05) is 56.6 Å². The molecular weight excluding hydrogens is 298 g/mol. The molecule has 3 aromatic rings. The molecule has 0 fully saturated rings. The van der Waals surface area contributed by atoms with Gasteiger partial charge in [-0.1, -0.05) is 11.6 Å². The second-order valence-corrected chi connectivity index (χ2v) is 5.86. The molecule has 0 amide bonds. The number of aromatic nitrogens is 2. The summed E-state index contributed by atoms with van der Waals surface area (Å²) in [4.78, 5) is 9.96. The largest absolute Gasteiger partial charge is 0.492 e. The average molecular weight is 316 g/mol. The van der Waals surface area contributed by atoms with Crippen LogP contribution in [0.3, 0.4) is 0 Å². The number of H-pyrrole nitrogens is 1. The van der Waals surface area contributed by atoms with Gasteiger partial charge in [-0.2, -0.15) is 0 Å². The molecule has 5 heteroatoms. The van der Waals surface area contributed by atoms with E-state index in [0.29, 0.717) is 11.6 Å².